The highest BCUT2D eigenvalue weighted by molar-refractivity contribution is 5.90. The molecule has 21 heavy (non-hydrogen) atoms. The lowest BCUT2D eigenvalue weighted by Crippen LogP contribution is -2.55. The molecule has 1 aromatic carbocycles. The van der Waals surface area contributed by atoms with Crippen LogP contribution in [0.1, 0.15) is 38.2 Å². The van der Waals surface area contributed by atoms with Crippen molar-refractivity contribution in [3.8, 4) is 6.07 Å². The van der Waals surface area contributed by atoms with Crippen molar-refractivity contribution in [2.45, 2.75) is 38.1 Å². The van der Waals surface area contributed by atoms with Crippen LogP contribution in [0.25, 0.3) is 0 Å². The molecule has 0 spiro atoms. The summed E-state index contributed by atoms with van der Waals surface area (Å²) in [5.74, 6) is 0.494. The van der Waals surface area contributed by atoms with E-state index in [-0.39, 0.29) is 12.6 Å². The standard InChI is InChI=1S/C16H21N3O2/c1-12-4-3-7-16(9-12,11-20)19-15(21)18-14-6-2-5-13(8-14)10-17/h2,5-6,8,12,20H,3-4,7,9,11H2,1H3,(H2,18,19,21). The molecular weight excluding hydrogens is 266 g/mol. The third kappa shape index (κ3) is 3.96. The van der Waals surface area contributed by atoms with Crippen LogP contribution in [-0.2, 0) is 0 Å². The van der Waals surface area contributed by atoms with E-state index in [9.17, 15) is 9.90 Å². The molecule has 0 aromatic heterocycles. The lowest BCUT2D eigenvalue weighted by molar-refractivity contribution is 0.108. The minimum atomic E-state index is -0.533. The zero-order valence-corrected chi connectivity index (χ0v) is 12.2. The first kappa shape index (κ1) is 15.3. The van der Waals surface area contributed by atoms with Crippen LogP contribution >= 0.6 is 0 Å². The van der Waals surface area contributed by atoms with Gasteiger partial charge >= 0.3 is 6.03 Å². The zero-order valence-electron chi connectivity index (χ0n) is 12.2. The van der Waals surface area contributed by atoms with Gasteiger partial charge in [0.1, 0.15) is 0 Å². The monoisotopic (exact) mass is 287 g/mol. The summed E-state index contributed by atoms with van der Waals surface area (Å²) in [6, 6.07) is 8.45. The zero-order chi connectivity index (χ0) is 15.3. The van der Waals surface area contributed by atoms with Gasteiger partial charge in [-0.2, -0.15) is 5.26 Å². The molecule has 0 aliphatic heterocycles. The smallest absolute Gasteiger partial charge is 0.319 e. The van der Waals surface area contributed by atoms with Gasteiger partial charge in [-0.15, -0.1) is 0 Å². The number of urea groups is 1. The van der Waals surface area contributed by atoms with Crippen molar-refractivity contribution < 1.29 is 9.90 Å². The first-order valence-corrected chi connectivity index (χ1v) is 7.27. The lowest BCUT2D eigenvalue weighted by Gasteiger charge is -2.39. The van der Waals surface area contributed by atoms with Gasteiger partial charge in [0.15, 0.2) is 0 Å². The van der Waals surface area contributed by atoms with Crippen LogP contribution in [0, 0.1) is 17.2 Å². The highest BCUT2D eigenvalue weighted by Gasteiger charge is 2.35. The third-order valence-corrected chi connectivity index (χ3v) is 4.02. The third-order valence-electron chi connectivity index (χ3n) is 4.02. The number of hydrogen-bond acceptors (Lipinski definition) is 3. The van der Waals surface area contributed by atoms with Crippen LogP contribution in [0.3, 0.4) is 0 Å². The predicted octanol–water partition coefficient (Wildman–Crippen LogP) is 2.62. The molecule has 2 rings (SSSR count). The molecule has 1 saturated carbocycles. The van der Waals surface area contributed by atoms with Crippen molar-refractivity contribution in [1.82, 2.24) is 5.32 Å². The molecule has 0 radical (unpaired) electrons. The van der Waals surface area contributed by atoms with Gasteiger partial charge in [-0.3, -0.25) is 0 Å². The SMILES string of the molecule is CC1CCCC(CO)(NC(=O)Nc2cccc(C#N)c2)C1. The van der Waals surface area contributed by atoms with E-state index in [4.69, 9.17) is 5.26 Å². The van der Waals surface area contributed by atoms with Crippen molar-refractivity contribution in [2.75, 3.05) is 11.9 Å². The number of rotatable bonds is 3. The Hall–Kier alpha value is -2.06. The van der Waals surface area contributed by atoms with Gasteiger partial charge in [0.2, 0.25) is 0 Å². The van der Waals surface area contributed by atoms with Crippen molar-refractivity contribution in [3.05, 3.63) is 29.8 Å². The molecule has 1 aromatic rings. The normalized spacial score (nSPS) is 24.9. The summed E-state index contributed by atoms with van der Waals surface area (Å²) in [4.78, 5) is 12.1. The molecule has 5 nitrogen and oxygen atoms in total. The minimum absolute atomic E-state index is 0.0526. The van der Waals surface area contributed by atoms with Crippen molar-refractivity contribution in [1.29, 1.82) is 5.26 Å². The molecule has 112 valence electrons. The maximum atomic E-state index is 12.1. The number of nitrogens with zero attached hydrogens (tertiary/aromatic N) is 1. The van der Waals surface area contributed by atoms with E-state index in [0.29, 0.717) is 17.2 Å². The Labute approximate surface area is 125 Å². The average Bonchev–Trinajstić information content (AvgIpc) is 2.47. The second kappa shape index (κ2) is 6.59. The largest absolute Gasteiger partial charge is 0.394 e. The molecule has 0 bridgehead atoms. The van der Waals surface area contributed by atoms with Crippen LogP contribution in [0.5, 0.6) is 0 Å². The number of anilines is 1. The number of aliphatic hydroxyl groups excluding tert-OH is 1. The molecule has 2 amide bonds. The summed E-state index contributed by atoms with van der Waals surface area (Å²) < 4.78 is 0. The van der Waals surface area contributed by atoms with Crippen molar-refractivity contribution in [3.63, 3.8) is 0 Å². The second-order valence-electron chi connectivity index (χ2n) is 5.91. The van der Waals surface area contributed by atoms with Crippen LogP contribution < -0.4 is 10.6 Å². The quantitative estimate of drug-likeness (QED) is 0.799. The topological polar surface area (TPSA) is 85.2 Å². The summed E-state index contributed by atoms with van der Waals surface area (Å²) >= 11 is 0. The first-order valence-electron chi connectivity index (χ1n) is 7.27. The maximum absolute atomic E-state index is 12.1. The highest BCUT2D eigenvalue weighted by Crippen LogP contribution is 2.32. The van der Waals surface area contributed by atoms with Gasteiger partial charge in [-0.25, -0.2) is 4.79 Å². The molecule has 2 unspecified atom stereocenters. The van der Waals surface area contributed by atoms with Crippen molar-refractivity contribution in [2.24, 2.45) is 5.92 Å². The summed E-state index contributed by atoms with van der Waals surface area (Å²) in [7, 11) is 0. The fourth-order valence-corrected chi connectivity index (χ4v) is 3.03. The summed E-state index contributed by atoms with van der Waals surface area (Å²) in [6.07, 6.45) is 3.72. The van der Waals surface area contributed by atoms with Gasteiger partial charge < -0.3 is 15.7 Å². The van der Waals surface area contributed by atoms with Crippen LogP contribution in [-0.4, -0.2) is 23.3 Å². The number of carbonyl (C=O) groups is 1. The van der Waals surface area contributed by atoms with Crippen LogP contribution in [0.2, 0.25) is 0 Å². The predicted molar refractivity (Wildman–Crippen MR) is 80.8 cm³/mol. The number of nitriles is 1. The van der Waals surface area contributed by atoms with Gasteiger partial charge in [-0.1, -0.05) is 25.8 Å². The first-order chi connectivity index (χ1) is 10.1. The number of nitrogens with one attached hydrogen (secondary N) is 2. The average molecular weight is 287 g/mol. The summed E-state index contributed by atoms with van der Waals surface area (Å²) in [5, 5.41) is 24.2. The van der Waals surface area contributed by atoms with Crippen molar-refractivity contribution >= 4 is 11.7 Å². The molecule has 0 heterocycles. The molecule has 5 heteroatoms. The van der Waals surface area contributed by atoms with E-state index < -0.39 is 5.54 Å². The fourth-order valence-electron chi connectivity index (χ4n) is 3.03. The Bertz CT molecular complexity index is 553. The number of aliphatic hydroxyl groups is 1. The molecule has 2 atom stereocenters. The Kier molecular flexibility index (Phi) is 4.81. The molecule has 0 saturated heterocycles. The van der Waals surface area contributed by atoms with Gasteiger partial charge in [0.25, 0.3) is 0 Å². The maximum Gasteiger partial charge on any atom is 0.319 e. The number of benzene rings is 1. The highest BCUT2D eigenvalue weighted by atomic mass is 16.3. The van der Waals surface area contributed by atoms with Gasteiger partial charge in [-0.05, 0) is 37.0 Å². The Morgan fingerprint density at radius 3 is 3.05 bits per heavy atom. The van der Waals surface area contributed by atoms with E-state index >= 15 is 0 Å². The Morgan fingerprint density at radius 2 is 2.38 bits per heavy atom. The number of amides is 2. The van der Waals surface area contributed by atoms with Gasteiger partial charge in [0, 0.05) is 5.69 Å². The number of carbonyl (C=O) groups excluding carboxylic acids is 1. The van der Waals surface area contributed by atoms with E-state index in [0.717, 1.165) is 25.7 Å². The molecule has 1 aliphatic carbocycles. The number of hydrogen-bond donors (Lipinski definition) is 3. The fraction of sp³-hybridized carbons (Fsp3) is 0.500. The van der Waals surface area contributed by atoms with E-state index in [1.54, 1.807) is 24.3 Å². The lowest BCUT2D eigenvalue weighted by atomic mass is 9.77. The molecular formula is C16H21N3O2. The van der Waals surface area contributed by atoms with E-state index in [2.05, 4.69) is 17.6 Å². The summed E-state index contributed by atoms with van der Waals surface area (Å²) in [5.41, 5.74) is 0.536. The molecule has 1 fully saturated rings. The van der Waals surface area contributed by atoms with Crippen LogP contribution in [0.4, 0.5) is 10.5 Å². The minimum Gasteiger partial charge on any atom is -0.394 e. The Morgan fingerprint density at radius 1 is 1.57 bits per heavy atom. The molecule has 3 N–H and O–H groups in total. The van der Waals surface area contributed by atoms with E-state index in [1.807, 2.05) is 6.07 Å². The Balaban J connectivity index is 2.01. The second-order valence-corrected chi connectivity index (χ2v) is 5.91. The van der Waals surface area contributed by atoms with Crippen LogP contribution in [0.15, 0.2) is 24.3 Å². The molecule has 1 aliphatic rings. The summed E-state index contributed by atoms with van der Waals surface area (Å²) in [6.45, 7) is 2.09. The van der Waals surface area contributed by atoms with Gasteiger partial charge in [0.05, 0.1) is 23.8 Å². The van der Waals surface area contributed by atoms with E-state index in [1.165, 1.54) is 0 Å².